The Hall–Kier alpha value is -0.860. The lowest BCUT2D eigenvalue weighted by Crippen LogP contribution is -2.16. The lowest BCUT2D eigenvalue weighted by atomic mass is 10.0. The predicted molar refractivity (Wildman–Crippen MR) is 73.0 cm³/mol. The zero-order chi connectivity index (χ0) is 12.3. The first-order valence-corrected chi connectivity index (χ1v) is 6.59. The molecule has 0 aromatic heterocycles. The largest absolute Gasteiger partial charge is 0.377 e. The standard InChI is InChI=1S/C15H25NO/c1-14(12-16-2)8-6-7-11-17-13-15-9-4-3-5-10-15/h3-5,9-10,14,16H,6-8,11-13H2,1-2H3. The molecule has 1 N–H and O–H groups in total. The van der Waals surface area contributed by atoms with Gasteiger partial charge in [0.15, 0.2) is 0 Å². The van der Waals surface area contributed by atoms with E-state index in [4.69, 9.17) is 4.74 Å². The lowest BCUT2D eigenvalue weighted by molar-refractivity contribution is 0.116. The molecule has 0 aliphatic rings. The highest BCUT2D eigenvalue weighted by atomic mass is 16.5. The van der Waals surface area contributed by atoms with Crippen LogP contribution in [0.3, 0.4) is 0 Å². The predicted octanol–water partition coefficient (Wildman–Crippen LogP) is 3.23. The van der Waals surface area contributed by atoms with Gasteiger partial charge in [-0.3, -0.25) is 0 Å². The number of benzene rings is 1. The lowest BCUT2D eigenvalue weighted by Gasteiger charge is -2.10. The van der Waals surface area contributed by atoms with Crippen LogP contribution in [0, 0.1) is 5.92 Å². The second kappa shape index (κ2) is 9.20. The average molecular weight is 235 g/mol. The van der Waals surface area contributed by atoms with Crippen molar-refractivity contribution in [2.75, 3.05) is 20.2 Å². The van der Waals surface area contributed by atoms with Crippen LogP contribution in [0.5, 0.6) is 0 Å². The van der Waals surface area contributed by atoms with Crippen LogP contribution in [0.4, 0.5) is 0 Å². The van der Waals surface area contributed by atoms with Crippen molar-refractivity contribution in [3.8, 4) is 0 Å². The Morgan fingerprint density at radius 2 is 1.94 bits per heavy atom. The quantitative estimate of drug-likeness (QED) is 0.664. The van der Waals surface area contributed by atoms with Crippen LogP contribution < -0.4 is 5.32 Å². The zero-order valence-corrected chi connectivity index (χ0v) is 11.1. The summed E-state index contributed by atoms with van der Waals surface area (Å²) in [5.74, 6) is 0.772. The summed E-state index contributed by atoms with van der Waals surface area (Å²) in [5, 5.41) is 3.21. The third-order valence-corrected chi connectivity index (χ3v) is 2.90. The molecule has 96 valence electrons. The molecule has 2 nitrogen and oxygen atoms in total. The molecule has 2 heteroatoms. The van der Waals surface area contributed by atoms with E-state index >= 15 is 0 Å². The molecule has 0 saturated heterocycles. The summed E-state index contributed by atoms with van der Waals surface area (Å²) in [6, 6.07) is 10.4. The number of nitrogens with one attached hydrogen (secondary N) is 1. The first-order chi connectivity index (χ1) is 8.33. The topological polar surface area (TPSA) is 21.3 Å². The smallest absolute Gasteiger partial charge is 0.0716 e. The van der Waals surface area contributed by atoms with Crippen molar-refractivity contribution in [3.63, 3.8) is 0 Å². The highest BCUT2D eigenvalue weighted by Crippen LogP contribution is 2.07. The van der Waals surface area contributed by atoms with Crippen LogP contribution in [0.2, 0.25) is 0 Å². The molecule has 0 fully saturated rings. The van der Waals surface area contributed by atoms with Gasteiger partial charge in [0.05, 0.1) is 6.61 Å². The minimum atomic E-state index is 0.743. The average Bonchev–Trinajstić information content (AvgIpc) is 2.35. The Morgan fingerprint density at radius 1 is 1.18 bits per heavy atom. The Morgan fingerprint density at radius 3 is 2.65 bits per heavy atom. The Labute approximate surface area is 105 Å². The van der Waals surface area contributed by atoms with E-state index in [1.54, 1.807) is 0 Å². The van der Waals surface area contributed by atoms with Gasteiger partial charge in [-0.1, -0.05) is 43.7 Å². The zero-order valence-electron chi connectivity index (χ0n) is 11.1. The molecule has 1 rings (SSSR count). The van der Waals surface area contributed by atoms with Gasteiger partial charge < -0.3 is 10.1 Å². The first-order valence-electron chi connectivity index (χ1n) is 6.59. The summed E-state index contributed by atoms with van der Waals surface area (Å²) in [7, 11) is 2.01. The van der Waals surface area contributed by atoms with E-state index in [9.17, 15) is 0 Å². The number of hydrogen-bond acceptors (Lipinski definition) is 2. The Kier molecular flexibility index (Phi) is 7.69. The highest BCUT2D eigenvalue weighted by molar-refractivity contribution is 5.13. The maximum atomic E-state index is 5.65. The molecule has 0 bridgehead atoms. The van der Waals surface area contributed by atoms with E-state index in [0.717, 1.165) is 25.7 Å². The minimum absolute atomic E-state index is 0.743. The van der Waals surface area contributed by atoms with Crippen molar-refractivity contribution in [1.29, 1.82) is 0 Å². The number of hydrogen-bond donors (Lipinski definition) is 1. The van der Waals surface area contributed by atoms with Crippen LogP contribution in [-0.2, 0) is 11.3 Å². The van der Waals surface area contributed by atoms with E-state index in [0.29, 0.717) is 0 Å². The molecular weight excluding hydrogens is 210 g/mol. The number of ether oxygens (including phenoxy) is 1. The van der Waals surface area contributed by atoms with E-state index in [1.165, 1.54) is 24.8 Å². The van der Waals surface area contributed by atoms with Crippen molar-refractivity contribution >= 4 is 0 Å². The summed E-state index contributed by atoms with van der Waals surface area (Å²) in [6.07, 6.45) is 3.72. The highest BCUT2D eigenvalue weighted by Gasteiger charge is 1.99. The van der Waals surface area contributed by atoms with Gasteiger partial charge in [0.2, 0.25) is 0 Å². The van der Waals surface area contributed by atoms with Gasteiger partial charge >= 0.3 is 0 Å². The molecule has 1 atom stereocenters. The second-order valence-corrected chi connectivity index (χ2v) is 4.70. The Bertz CT molecular complexity index is 274. The van der Waals surface area contributed by atoms with E-state index in [1.807, 2.05) is 13.1 Å². The third-order valence-electron chi connectivity index (χ3n) is 2.90. The fourth-order valence-corrected chi connectivity index (χ4v) is 1.91. The maximum Gasteiger partial charge on any atom is 0.0716 e. The van der Waals surface area contributed by atoms with Crippen molar-refractivity contribution in [2.45, 2.75) is 32.8 Å². The normalized spacial score (nSPS) is 12.6. The van der Waals surface area contributed by atoms with Gasteiger partial charge in [0.1, 0.15) is 0 Å². The monoisotopic (exact) mass is 235 g/mol. The number of rotatable bonds is 9. The molecule has 0 radical (unpaired) electrons. The minimum Gasteiger partial charge on any atom is -0.377 e. The molecule has 1 aromatic carbocycles. The van der Waals surface area contributed by atoms with E-state index in [-0.39, 0.29) is 0 Å². The molecule has 0 amide bonds. The molecule has 0 aliphatic carbocycles. The summed E-state index contributed by atoms with van der Waals surface area (Å²) in [5.41, 5.74) is 1.26. The summed E-state index contributed by atoms with van der Waals surface area (Å²) in [4.78, 5) is 0. The second-order valence-electron chi connectivity index (χ2n) is 4.70. The van der Waals surface area contributed by atoms with Gasteiger partial charge in [0.25, 0.3) is 0 Å². The molecule has 17 heavy (non-hydrogen) atoms. The SMILES string of the molecule is CNCC(C)CCCCOCc1ccccc1. The van der Waals surface area contributed by atoms with Gasteiger partial charge in [-0.25, -0.2) is 0 Å². The van der Waals surface area contributed by atoms with Crippen LogP contribution in [0.1, 0.15) is 31.7 Å². The van der Waals surface area contributed by atoms with E-state index < -0.39 is 0 Å². The van der Waals surface area contributed by atoms with Gasteiger partial charge in [0, 0.05) is 6.61 Å². The molecule has 0 aliphatic heterocycles. The molecule has 0 spiro atoms. The van der Waals surface area contributed by atoms with Crippen LogP contribution >= 0.6 is 0 Å². The van der Waals surface area contributed by atoms with Crippen molar-refractivity contribution in [1.82, 2.24) is 5.32 Å². The van der Waals surface area contributed by atoms with Crippen LogP contribution in [-0.4, -0.2) is 20.2 Å². The molecule has 0 saturated carbocycles. The van der Waals surface area contributed by atoms with Gasteiger partial charge in [-0.05, 0) is 37.9 Å². The van der Waals surface area contributed by atoms with Gasteiger partial charge in [-0.15, -0.1) is 0 Å². The van der Waals surface area contributed by atoms with E-state index in [2.05, 4.69) is 36.5 Å². The fourth-order valence-electron chi connectivity index (χ4n) is 1.91. The molecular formula is C15H25NO. The van der Waals surface area contributed by atoms with Gasteiger partial charge in [-0.2, -0.15) is 0 Å². The van der Waals surface area contributed by atoms with Crippen LogP contribution in [0.15, 0.2) is 30.3 Å². The molecule has 1 unspecified atom stereocenters. The first kappa shape index (κ1) is 14.2. The molecule has 0 heterocycles. The van der Waals surface area contributed by atoms with Crippen molar-refractivity contribution in [2.24, 2.45) is 5.92 Å². The van der Waals surface area contributed by atoms with Crippen LogP contribution in [0.25, 0.3) is 0 Å². The summed E-state index contributed by atoms with van der Waals surface area (Å²) < 4.78 is 5.65. The fraction of sp³-hybridized carbons (Fsp3) is 0.600. The van der Waals surface area contributed by atoms with Crippen molar-refractivity contribution < 1.29 is 4.74 Å². The molecule has 1 aromatic rings. The Balaban J connectivity index is 1.95. The van der Waals surface area contributed by atoms with Crippen molar-refractivity contribution in [3.05, 3.63) is 35.9 Å². The third kappa shape index (κ3) is 7.14. The summed E-state index contributed by atoms with van der Waals surface area (Å²) in [6.45, 7) is 5.03. The number of unbranched alkanes of at least 4 members (excludes halogenated alkanes) is 1. The summed E-state index contributed by atoms with van der Waals surface area (Å²) >= 11 is 0. The maximum absolute atomic E-state index is 5.65.